The Bertz CT molecular complexity index is 1440. The van der Waals surface area contributed by atoms with Crippen LogP contribution in [0.15, 0.2) is 35.3 Å². The van der Waals surface area contributed by atoms with E-state index >= 15 is 8.78 Å². The first kappa shape index (κ1) is 28.3. The maximum atomic E-state index is 15.6. The van der Waals surface area contributed by atoms with Crippen molar-refractivity contribution in [2.45, 2.75) is 59.9 Å². The molecule has 4 rings (SSSR count). The van der Waals surface area contributed by atoms with Gasteiger partial charge in [-0.25, -0.2) is 13.6 Å². The van der Waals surface area contributed by atoms with Gasteiger partial charge in [0.05, 0.1) is 24.1 Å². The second kappa shape index (κ2) is 12.0. The van der Waals surface area contributed by atoms with Crippen LogP contribution >= 0.6 is 0 Å². The normalized spacial score (nSPS) is 17.2. The second-order valence-electron chi connectivity index (χ2n) is 10.1. The third-order valence-corrected chi connectivity index (χ3v) is 7.43. The van der Waals surface area contributed by atoms with Crippen molar-refractivity contribution in [3.8, 4) is 5.75 Å². The van der Waals surface area contributed by atoms with E-state index in [1.54, 1.807) is 13.8 Å². The lowest BCUT2D eigenvalue weighted by Crippen LogP contribution is -2.30. The summed E-state index contributed by atoms with van der Waals surface area (Å²) in [6, 6.07) is 6.87. The number of carbonyl (C=O) groups excluding carboxylic acids is 2. The molecule has 0 atom stereocenters. The molecule has 0 unspecified atom stereocenters. The van der Waals surface area contributed by atoms with Crippen LogP contribution in [0, 0.1) is 37.3 Å². The van der Waals surface area contributed by atoms with Crippen LogP contribution in [0.1, 0.15) is 61.0 Å². The van der Waals surface area contributed by atoms with Crippen LogP contribution in [-0.4, -0.2) is 29.7 Å². The van der Waals surface area contributed by atoms with Gasteiger partial charge >= 0.3 is 5.97 Å². The van der Waals surface area contributed by atoms with Crippen LogP contribution in [0.3, 0.4) is 0 Å². The average Bonchev–Trinajstić information content (AvgIpc) is 2.91. The van der Waals surface area contributed by atoms with Gasteiger partial charge in [-0.05, 0) is 76.5 Å². The number of rotatable bonds is 8. The van der Waals surface area contributed by atoms with Crippen molar-refractivity contribution < 1.29 is 27.8 Å². The number of anilines is 1. The first-order valence-corrected chi connectivity index (χ1v) is 13.4. The lowest BCUT2D eigenvalue weighted by atomic mass is 9.82. The van der Waals surface area contributed by atoms with Crippen LogP contribution in [0.5, 0.6) is 5.75 Å². The van der Waals surface area contributed by atoms with Gasteiger partial charge in [0.25, 0.3) is 0 Å². The molecular formula is C30H34F2N2O5. The highest BCUT2D eigenvalue weighted by Crippen LogP contribution is 2.33. The van der Waals surface area contributed by atoms with E-state index in [0.29, 0.717) is 19.4 Å². The number of ether oxygens (including phenoxy) is 2. The number of amides is 1. The van der Waals surface area contributed by atoms with Crippen molar-refractivity contribution in [3.63, 3.8) is 0 Å². The Morgan fingerprint density at radius 1 is 1.08 bits per heavy atom. The number of nitrogens with one attached hydrogen (secondary N) is 1. The molecule has 1 fully saturated rings. The minimum Gasteiger partial charge on any atom is -0.493 e. The van der Waals surface area contributed by atoms with Crippen molar-refractivity contribution in [2.24, 2.45) is 11.8 Å². The van der Waals surface area contributed by atoms with E-state index in [1.165, 1.54) is 10.8 Å². The fraction of sp³-hybridized carbons (Fsp3) is 0.433. The molecule has 0 bridgehead atoms. The number of aryl methyl sites for hydroxylation is 3. The van der Waals surface area contributed by atoms with Crippen LogP contribution < -0.4 is 15.5 Å². The summed E-state index contributed by atoms with van der Waals surface area (Å²) in [5, 5.41) is 2.14. The van der Waals surface area contributed by atoms with E-state index in [2.05, 4.69) is 5.32 Å². The SMILES string of the molecule is CCOC(=O)c1cn(CC)c2c(F)c(NC(=O)C3CCC(COc4c(C)cccc4C)CC3)c(F)cc2c1=O. The molecule has 9 heteroatoms. The Balaban J connectivity index is 1.48. The number of hydrogen-bond acceptors (Lipinski definition) is 5. The molecule has 3 aromatic rings. The van der Waals surface area contributed by atoms with Gasteiger partial charge < -0.3 is 19.4 Å². The number of para-hydroxylation sites is 1. The maximum absolute atomic E-state index is 15.6. The van der Waals surface area contributed by atoms with Crippen LogP contribution in [0.25, 0.3) is 10.9 Å². The van der Waals surface area contributed by atoms with E-state index in [1.807, 2.05) is 32.0 Å². The van der Waals surface area contributed by atoms with Gasteiger partial charge in [-0.1, -0.05) is 18.2 Å². The van der Waals surface area contributed by atoms with E-state index in [9.17, 15) is 14.4 Å². The summed E-state index contributed by atoms with van der Waals surface area (Å²) in [4.78, 5) is 38.1. The average molecular weight is 541 g/mol. The predicted molar refractivity (Wildman–Crippen MR) is 145 cm³/mol. The molecule has 0 saturated heterocycles. The Labute approximate surface area is 226 Å². The zero-order chi connectivity index (χ0) is 28.3. The standard InChI is InChI=1S/C30H34F2N2O5/c1-5-34-15-22(30(37)38-6-2)27(35)21-14-23(31)25(24(32)26(21)34)33-29(36)20-12-10-19(11-13-20)16-39-28-17(3)8-7-9-18(28)4/h7-9,14-15,19-20H,5-6,10-13,16H2,1-4H3,(H,33,36). The number of fused-ring (bicyclic) bond motifs is 1. The van der Waals surface area contributed by atoms with E-state index < -0.39 is 40.5 Å². The number of hydrogen-bond donors (Lipinski definition) is 1. The molecule has 1 amide bonds. The molecule has 1 heterocycles. The summed E-state index contributed by atoms with van der Waals surface area (Å²) in [6.07, 6.45) is 3.88. The van der Waals surface area contributed by atoms with Crippen LogP contribution in [-0.2, 0) is 16.1 Å². The number of pyridine rings is 1. The molecule has 2 aromatic carbocycles. The fourth-order valence-electron chi connectivity index (χ4n) is 5.25. The molecule has 1 saturated carbocycles. The number of halogens is 2. The number of esters is 1. The first-order chi connectivity index (χ1) is 18.7. The molecule has 1 N–H and O–H groups in total. The summed E-state index contributed by atoms with van der Waals surface area (Å²) in [6.45, 7) is 8.11. The summed E-state index contributed by atoms with van der Waals surface area (Å²) in [5.74, 6) is -2.67. The molecule has 1 aliphatic rings. The molecule has 0 aliphatic heterocycles. The smallest absolute Gasteiger partial charge is 0.343 e. The fourth-order valence-corrected chi connectivity index (χ4v) is 5.25. The number of nitrogens with zero attached hydrogens (tertiary/aromatic N) is 1. The van der Waals surface area contributed by atoms with Gasteiger partial charge in [-0.15, -0.1) is 0 Å². The van der Waals surface area contributed by atoms with E-state index in [-0.39, 0.29) is 35.5 Å². The first-order valence-electron chi connectivity index (χ1n) is 13.4. The third-order valence-electron chi connectivity index (χ3n) is 7.43. The summed E-state index contributed by atoms with van der Waals surface area (Å²) < 4.78 is 43.0. The topological polar surface area (TPSA) is 86.6 Å². The van der Waals surface area contributed by atoms with Gasteiger partial charge in [0.15, 0.2) is 11.6 Å². The summed E-state index contributed by atoms with van der Waals surface area (Å²) >= 11 is 0. The predicted octanol–water partition coefficient (Wildman–Crippen LogP) is 5.92. The summed E-state index contributed by atoms with van der Waals surface area (Å²) in [5.41, 5.74) is 0.240. The molecule has 39 heavy (non-hydrogen) atoms. The van der Waals surface area contributed by atoms with Crippen molar-refractivity contribution >= 4 is 28.5 Å². The van der Waals surface area contributed by atoms with Crippen molar-refractivity contribution in [3.05, 3.63) is 69.0 Å². The highest BCUT2D eigenvalue weighted by Gasteiger charge is 2.29. The minimum absolute atomic E-state index is 0.0530. The van der Waals surface area contributed by atoms with Gasteiger partial charge in [0.1, 0.15) is 17.0 Å². The Morgan fingerprint density at radius 2 is 1.74 bits per heavy atom. The quantitative estimate of drug-likeness (QED) is 0.359. The van der Waals surface area contributed by atoms with Crippen LogP contribution in [0.2, 0.25) is 0 Å². The van der Waals surface area contributed by atoms with Gasteiger partial charge in [0.2, 0.25) is 11.3 Å². The number of benzene rings is 2. The number of carbonyl (C=O) groups is 2. The van der Waals surface area contributed by atoms with E-state index in [0.717, 1.165) is 35.8 Å². The zero-order valence-corrected chi connectivity index (χ0v) is 22.7. The molecule has 1 aliphatic carbocycles. The molecular weight excluding hydrogens is 506 g/mol. The van der Waals surface area contributed by atoms with Crippen LogP contribution in [0.4, 0.5) is 14.5 Å². The molecule has 208 valence electrons. The van der Waals surface area contributed by atoms with Gasteiger partial charge in [0, 0.05) is 18.7 Å². The summed E-state index contributed by atoms with van der Waals surface area (Å²) in [7, 11) is 0. The molecule has 0 radical (unpaired) electrons. The highest BCUT2D eigenvalue weighted by molar-refractivity contribution is 5.98. The van der Waals surface area contributed by atoms with Crippen molar-refractivity contribution in [2.75, 3.05) is 18.5 Å². The van der Waals surface area contributed by atoms with Gasteiger partial charge in [-0.2, -0.15) is 0 Å². The number of aromatic nitrogens is 1. The Hall–Kier alpha value is -3.75. The Kier molecular flexibility index (Phi) is 8.67. The Morgan fingerprint density at radius 3 is 2.36 bits per heavy atom. The second-order valence-corrected chi connectivity index (χ2v) is 10.1. The largest absolute Gasteiger partial charge is 0.493 e. The lowest BCUT2D eigenvalue weighted by Gasteiger charge is -2.28. The van der Waals surface area contributed by atoms with Crippen molar-refractivity contribution in [1.82, 2.24) is 4.57 Å². The van der Waals surface area contributed by atoms with E-state index in [4.69, 9.17) is 9.47 Å². The zero-order valence-electron chi connectivity index (χ0n) is 22.7. The molecule has 0 spiro atoms. The van der Waals surface area contributed by atoms with Gasteiger partial charge in [-0.3, -0.25) is 9.59 Å². The monoisotopic (exact) mass is 540 g/mol. The highest BCUT2D eigenvalue weighted by atomic mass is 19.1. The third kappa shape index (κ3) is 5.82. The maximum Gasteiger partial charge on any atom is 0.343 e. The minimum atomic E-state index is -1.08. The molecule has 1 aromatic heterocycles. The molecule has 7 nitrogen and oxygen atoms in total. The van der Waals surface area contributed by atoms with Crippen molar-refractivity contribution in [1.29, 1.82) is 0 Å². The lowest BCUT2D eigenvalue weighted by molar-refractivity contribution is -0.121.